The molecule has 0 saturated carbocycles. The zero-order valence-electron chi connectivity index (χ0n) is 18.7. The van der Waals surface area contributed by atoms with Crippen molar-refractivity contribution in [1.82, 2.24) is 25.0 Å². The number of halogens is 2. The Labute approximate surface area is 202 Å². The molecule has 9 heteroatoms. The smallest absolute Gasteiger partial charge is 0.132 e. The van der Waals surface area contributed by atoms with Crippen molar-refractivity contribution >= 4 is 33.9 Å². The number of hydrogen-bond acceptors (Lipinski definition) is 7. The zero-order valence-corrected chi connectivity index (χ0v) is 19.5. The molecule has 1 N–H and O–H groups in total. The van der Waals surface area contributed by atoms with E-state index in [-0.39, 0.29) is 0 Å². The molecular formula is C25H24ClFN6O. The number of anilines is 2. The van der Waals surface area contributed by atoms with Gasteiger partial charge in [0.1, 0.15) is 18.2 Å². The first-order valence-corrected chi connectivity index (χ1v) is 11.4. The van der Waals surface area contributed by atoms with Crippen LogP contribution in [0.5, 0.6) is 5.75 Å². The minimum absolute atomic E-state index is 0.297. The monoisotopic (exact) mass is 478 g/mol. The number of pyridine rings is 1. The van der Waals surface area contributed by atoms with Crippen LogP contribution in [0.1, 0.15) is 0 Å². The van der Waals surface area contributed by atoms with Crippen LogP contribution in [0, 0.1) is 5.82 Å². The summed E-state index contributed by atoms with van der Waals surface area (Å²) < 4.78 is 20.3. The molecule has 34 heavy (non-hydrogen) atoms. The van der Waals surface area contributed by atoms with Gasteiger partial charge < -0.3 is 10.1 Å². The van der Waals surface area contributed by atoms with E-state index in [1.54, 1.807) is 18.5 Å². The molecule has 174 valence electrons. The molecule has 0 atom stereocenters. The highest BCUT2D eigenvalue weighted by molar-refractivity contribution is 6.30. The van der Waals surface area contributed by atoms with Gasteiger partial charge in [-0.05, 0) is 49.5 Å². The highest BCUT2D eigenvalue weighted by Crippen LogP contribution is 2.30. The molecule has 0 spiro atoms. The van der Waals surface area contributed by atoms with Crippen LogP contribution < -0.4 is 10.1 Å². The van der Waals surface area contributed by atoms with Gasteiger partial charge in [0.2, 0.25) is 0 Å². The van der Waals surface area contributed by atoms with Gasteiger partial charge in [-0.1, -0.05) is 11.6 Å². The van der Waals surface area contributed by atoms with E-state index in [0.29, 0.717) is 28.6 Å². The molecule has 3 heterocycles. The van der Waals surface area contributed by atoms with Gasteiger partial charge in [-0.15, -0.1) is 0 Å². The zero-order chi connectivity index (χ0) is 23.5. The second-order valence-electron chi connectivity index (χ2n) is 8.30. The van der Waals surface area contributed by atoms with E-state index in [9.17, 15) is 4.39 Å². The van der Waals surface area contributed by atoms with E-state index in [1.165, 1.54) is 18.2 Å². The van der Waals surface area contributed by atoms with Crippen molar-refractivity contribution in [3.8, 4) is 17.0 Å². The second-order valence-corrected chi connectivity index (χ2v) is 8.74. The molecule has 1 aliphatic rings. The third-order valence-electron chi connectivity index (χ3n) is 5.77. The maximum atomic E-state index is 14.3. The fourth-order valence-electron chi connectivity index (χ4n) is 4.01. The van der Waals surface area contributed by atoms with Crippen molar-refractivity contribution in [1.29, 1.82) is 0 Å². The third kappa shape index (κ3) is 5.09. The van der Waals surface area contributed by atoms with Gasteiger partial charge in [-0.3, -0.25) is 14.8 Å². The topological polar surface area (TPSA) is 66.4 Å². The summed E-state index contributed by atoms with van der Waals surface area (Å²) >= 11 is 6.03. The third-order valence-corrected chi connectivity index (χ3v) is 6.00. The first kappa shape index (κ1) is 22.5. The Bertz CT molecular complexity index is 1320. The molecule has 4 aromatic rings. The summed E-state index contributed by atoms with van der Waals surface area (Å²) in [6.45, 7) is 4.67. The lowest BCUT2D eigenvalue weighted by molar-refractivity contribution is 0.215. The predicted octanol–water partition coefficient (Wildman–Crippen LogP) is 4.81. The van der Waals surface area contributed by atoms with Crippen LogP contribution in [0.4, 0.5) is 15.8 Å². The largest absolute Gasteiger partial charge is 0.492 e. The number of nitrogens with zero attached hydrogens (tertiary/aromatic N) is 5. The molecule has 0 unspecified atom stereocenters. The van der Waals surface area contributed by atoms with Crippen LogP contribution >= 0.6 is 11.6 Å². The Morgan fingerprint density at radius 1 is 1.12 bits per heavy atom. The lowest BCUT2D eigenvalue weighted by Gasteiger charge is -2.16. The first-order chi connectivity index (χ1) is 16.5. The van der Waals surface area contributed by atoms with Gasteiger partial charge in [-0.25, -0.2) is 4.39 Å². The van der Waals surface area contributed by atoms with Crippen LogP contribution in [0.3, 0.4) is 0 Å². The molecule has 5 rings (SSSR count). The minimum atomic E-state index is -0.408. The van der Waals surface area contributed by atoms with E-state index in [2.05, 4.69) is 37.3 Å². The molecule has 0 bridgehead atoms. The maximum absolute atomic E-state index is 14.3. The summed E-state index contributed by atoms with van der Waals surface area (Å²) in [5.74, 6) is 0.378. The van der Waals surface area contributed by atoms with E-state index in [4.69, 9.17) is 16.3 Å². The molecule has 0 radical (unpaired) electrons. The summed E-state index contributed by atoms with van der Waals surface area (Å²) in [4.78, 5) is 9.16. The van der Waals surface area contributed by atoms with Gasteiger partial charge in [0.05, 0.1) is 29.8 Å². The fraction of sp³-hybridized carbons (Fsp3) is 0.240. The van der Waals surface area contributed by atoms with Crippen molar-refractivity contribution in [2.45, 2.75) is 0 Å². The fourth-order valence-corrected chi connectivity index (χ4v) is 4.18. The Kier molecular flexibility index (Phi) is 6.53. The highest BCUT2D eigenvalue weighted by Gasteiger charge is 2.16. The average molecular weight is 479 g/mol. The van der Waals surface area contributed by atoms with E-state index in [0.717, 1.165) is 48.6 Å². The number of ether oxygens (including phenoxy) is 1. The minimum Gasteiger partial charge on any atom is -0.492 e. The number of nitrogens with one attached hydrogen (secondary N) is 1. The Hall–Kier alpha value is -3.33. The van der Waals surface area contributed by atoms with Gasteiger partial charge >= 0.3 is 0 Å². The Morgan fingerprint density at radius 3 is 2.88 bits per heavy atom. The second kappa shape index (κ2) is 9.89. The van der Waals surface area contributed by atoms with Crippen LogP contribution in [0.2, 0.25) is 5.02 Å². The number of aromatic nitrogens is 3. The summed E-state index contributed by atoms with van der Waals surface area (Å²) in [5.41, 5.74) is 3.02. The summed E-state index contributed by atoms with van der Waals surface area (Å²) in [7, 11) is 2.12. The van der Waals surface area contributed by atoms with Crippen molar-refractivity contribution < 1.29 is 9.13 Å². The molecule has 1 aliphatic heterocycles. The maximum Gasteiger partial charge on any atom is 0.132 e. The molecule has 1 fully saturated rings. The standard InChI is InChI=1S/C25H24ClFN6O/c1-32-8-9-33(16-32)10-11-34-19-3-4-20-23(6-7-28-24(20)14-19)30-18-13-25(31-29-15-18)21-12-17(26)2-5-22(21)27/h2-7,12-15H,8-11,16H2,1H3,(H,28,30,31). The first-order valence-electron chi connectivity index (χ1n) is 11.0. The molecule has 0 amide bonds. The average Bonchev–Trinajstić information content (AvgIpc) is 3.26. The van der Waals surface area contributed by atoms with E-state index in [1.807, 2.05) is 24.3 Å². The molecule has 7 nitrogen and oxygen atoms in total. The number of benzene rings is 2. The van der Waals surface area contributed by atoms with Gasteiger partial charge in [0.25, 0.3) is 0 Å². The van der Waals surface area contributed by atoms with Crippen LogP contribution in [0.25, 0.3) is 22.2 Å². The normalized spacial score (nSPS) is 14.6. The molecule has 1 saturated heterocycles. The SMILES string of the molecule is CN1CCN(CCOc2ccc3c(Nc4cnnc(-c5cc(Cl)ccc5F)c4)ccnc3c2)C1. The van der Waals surface area contributed by atoms with Gasteiger partial charge in [0, 0.05) is 53.6 Å². The van der Waals surface area contributed by atoms with Crippen molar-refractivity contribution in [2.24, 2.45) is 0 Å². The lowest BCUT2D eigenvalue weighted by atomic mass is 10.1. The number of likely N-dealkylation sites (N-methyl/N-ethyl adjacent to an activating group) is 1. The van der Waals surface area contributed by atoms with Crippen molar-refractivity contribution in [3.05, 3.63) is 71.8 Å². The number of rotatable bonds is 7. The van der Waals surface area contributed by atoms with Crippen molar-refractivity contribution in [3.63, 3.8) is 0 Å². The highest BCUT2D eigenvalue weighted by atomic mass is 35.5. The Morgan fingerprint density at radius 2 is 2.03 bits per heavy atom. The summed E-state index contributed by atoms with van der Waals surface area (Å²) in [5, 5.41) is 12.8. The Balaban J connectivity index is 1.32. The summed E-state index contributed by atoms with van der Waals surface area (Å²) in [6, 6.07) is 13.8. The lowest BCUT2D eigenvalue weighted by Crippen LogP contribution is -2.27. The molecule has 2 aromatic heterocycles. The van der Waals surface area contributed by atoms with Crippen LogP contribution in [-0.4, -0.2) is 64.9 Å². The molecule has 2 aromatic carbocycles. The molecule has 0 aliphatic carbocycles. The van der Waals surface area contributed by atoms with E-state index < -0.39 is 5.82 Å². The predicted molar refractivity (Wildman–Crippen MR) is 132 cm³/mol. The number of hydrogen-bond donors (Lipinski definition) is 1. The summed E-state index contributed by atoms with van der Waals surface area (Å²) in [6.07, 6.45) is 3.33. The van der Waals surface area contributed by atoms with Crippen LogP contribution in [0.15, 0.2) is 60.9 Å². The quantitative estimate of drug-likeness (QED) is 0.409. The van der Waals surface area contributed by atoms with E-state index >= 15 is 0 Å². The van der Waals surface area contributed by atoms with Gasteiger partial charge in [-0.2, -0.15) is 10.2 Å². The van der Waals surface area contributed by atoms with Crippen LogP contribution in [-0.2, 0) is 0 Å². The number of fused-ring (bicyclic) bond motifs is 1. The van der Waals surface area contributed by atoms with Gasteiger partial charge in [0.15, 0.2) is 0 Å². The van der Waals surface area contributed by atoms with Crippen molar-refractivity contribution in [2.75, 3.05) is 45.3 Å². The molecular weight excluding hydrogens is 455 g/mol.